The molecule has 11 nitrogen and oxygen atoms in total. The fourth-order valence-electron chi connectivity index (χ4n) is 7.78. The summed E-state index contributed by atoms with van der Waals surface area (Å²) in [6, 6.07) is 14.7. The molecule has 1 aliphatic heterocycles. The van der Waals surface area contributed by atoms with Crippen molar-refractivity contribution in [3.8, 4) is 28.0 Å². The number of rotatable bonds is 13. The summed E-state index contributed by atoms with van der Waals surface area (Å²) in [5.74, 6) is -1.24. The first-order valence-electron chi connectivity index (χ1n) is 20.2. The number of nitrogens with one attached hydrogen (secondary N) is 1. The first-order chi connectivity index (χ1) is 28.2. The van der Waals surface area contributed by atoms with Gasteiger partial charge in [0.25, 0.3) is 6.43 Å². The molecule has 56 heavy (non-hydrogen) atoms. The van der Waals surface area contributed by atoms with Gasteiger partial charge in [-0.1, -0.05) is 41.9 Å². The molecule has 1 atom stereocenters. The molecular formula is C42H46ClF2N7O4. The number of ether oxygens (including phenoxy) is 1. The van der Waals surface area contributed by atoms with Gasteiger partial charge in [-0.05, 0) is 86.8 Å². The molecule has 4 heterocycles. The topological polar surface area (TPSA) is 137 Å². The number of β-amino-alcohol motifs (C(OH)–C–C–N with tert-alkyl or cyclic N) is 1. The molecule has 5 aromatic rings. The number of halogens is 3. The molecule has 0 bridgehead atoms. The Balaban J connectivity index is 1.14. The maximum atomic E-state index is 14.1. The molecule has 3 N–H and O–H groups in total. The lowest BCUT2D eigenvalue weighted by atomic mass is 9.82. The molecule has 2 aromatic carbocycles. The van der Waals surface area contributed by atoms with Crippen LogP contribution in [0.15, 0.2) is 60.9 Å². The van der Waals surface area contributed by atoms with E-state index >= 15 is 0 Å². The van der Waals surface area contributed by atoms with Gasteiger partial charge in [0.2, 0.25) is 0 Å². The molecule has 2 fully saturated rings. The highest BCUT2D eigenvalue weighted by atomic mass is 35.5. The number of carbonyl (C=O) groups is 1. The third-order valence-electron chi connectivity index (χ3n) is 10.8. The highest BCUT2D eigenvalue weighted by molar-refractivity contribution is 6.36. The molecule has 0 amide bonds. The number of hydrogen-bond acceptors (Lipinski definition) is 10. The number of aromatic nitrogens is 4. The highest BCUT2D eigenvalue weighted by Crippen LogP contribution is 2.41. The van der Waals surface area contributed by atoms with E-state index in [9.17, 15) is 23.8 Å². The number of likely N-dealkylation sites (tertiary alicyclic amines) is 1. The van der Waals surface area contributed by atoms with E-state index < -0.39 is 25.2 Å². The van der Waals surface area contributed by atoms with Crippen LogP contribution in [0, 0.1) is 18.8 Å². The van der Waals surface area contributed by atoms with Crippen LogP contribution >= 0.6 is 11.6 Å². The lowest BCUT2D eigenvalue weighted by Gasteiger charge is -2.29. The zero-order valence-corrected chi connectivity index (χ0v) is 31.9. The van der Waals surface area contributed by atoms with Crippen LogP contribution in [0.25, 0.3) is 33.3 Å². The van der Waals surface area contributed by atoms with Crippen LogP contribution in [0.5, 0.6) is 5.75 Å². The van der Waals surface area contributed by atoms with Gasteiger partial charge in [-0.25, -0.2) is 18.7 Å². The van der Waals surface area contributed by atoms with Crippen LogP contribution in [0.4, 0.5) is 20.3 Å². The van der Waals surface area contributed by atoms with Gasteiger partial charge >= 0.3 is 5.97 Å². The SMILES string of the molecule is [2H]C([2H])([2H])N(Cc1ncc(-c2cccc(-c3cccc(Nc4nc(C(F)F)nc5cc(CN6CC[C@@H](O)C6)cnc45)c3C)c2Cl)cc1OC)CC1CCC(C(=O)O)CC1. The van der Waals surface area contributed by atoms with E-state index in [0.29, 0.717) is 89.6 Å². The Morgan fingerprint density at radius 3 is 2.55 bits per heavy atom. The van der Waals surface area contributed by atoms with Crippen molar-refractivity contribution in [3.63, 3.8) is 0 Å². The molecular weight excluding hydrogens is 740 g/mol. The molecule has 1 aliphatic carbocycles. The number of aliphatic carboxylic acids is 1. The Hall–Kier alpha value is -4.82. The third-order valence-corrected chi connectivity index (χ3v) is 11.2. The van der Waals surface area contributed by atoms with Gasteiger partial charge in [0.05, 0.1) is 35.4 Å². The van der Waals surface area contributed by atoms with Crippen molar-refractivity contribution in [3.05, 3.63) is 88.6 Å². The molecule has 1 saturated carbocycles. The number of aliphatic hydroxyl groups excluding tert-OH is 1. The van der Waals surface area contributed by atoms with Crippen LogP contribution in [0.3, 0.4) is 0 Å². The predicted octanol–water partition coefficient (Wildman–Crippen LogP) is 8.29. The van der Waals surface area contributed by atoms with E-state index in [-0.39, 0.29) is 42.4 Å². The Labute approximate surface area is 334 Å². The monoisotopic (exact) mass is 788 g/mol. The van der Waals surface area contributed by atoms with Crippen molar-refractivity contribution in [2.45, 2.75) is 64.6 Å². The summed E-state index contributed by atoms with van der Waals surface area (Å²) in [4.78, 5) is 32.5. The maximum Gasteiger partial charge on any atom is 0.306 e. The van der Waals surface area contributed by atoms with E-state index in [1.54, 1.807) is 24.5 Å². The van der Waals surface area contributed by atoms with Crippen molar-refractivity contribution in [2.24, 2.45) is 11.8 Å². The van der Waals surface area contributed by atoms with Crippen LogP contribution < -0.4 is 10.1 Å². The number of benzene rings is 2. The van der Waals surface area contributed by atoms with Gasteiger partial charge in [-0.15, -0.1) is 0 Å². The van der Waals surface area contributed by atoms with Gasteiger partial charge < -0.3 is 25.2 Å². The average Bonchev–Trinajstić information content (AvgIpc) is 3.62. The fourth-order valence-corrected chi connectivity index (χ4v) is 8.12. The number of hydrogen-bond donors (Lipinski definition) is 3. The average molecular weight is 789 g/mol. The minimum Gasteiger partial charge on any atom is -0.495 e. The second-order valence-corrected chi connectivity index (χ2v) is 15.1. The first-order valence-corrected chi connectivity index (χ1v) is 19.1. The van der Waals surface area contributed by atoms with Crippen molar-refractivity contribution in [1.82, 2.24) is 29.7 Å². The maximum absolute atomic E-state index is 14.1. The van der Waals surface area contributed by atoms with Crippen LogP contribution in [-0.4, -0.2) is 85.7 Å². The Morgan fingerprint density at radius 1 is 1.07 bits per heavy atom. The number of anilines is 2. The van der Waals surface area contributed by atoms with E-state index in [4.69, 9.17) is 20.5 Å². The fraction of sp³-hybridized carbons (Fsp3) is 0.405. The predicted molar refractivity (Wildman–Crippen MR) is 212 cm³/mol. The summed E-state index contributed by atoms with van der Waals surface area (Å²) < 4.78 is 58.6. The van der Waals surface area contributed by atoms with Gasteiger partial charge in [0, 0.05) is 71.6 Å². The minimum atomic E-state index is -2.91. The summed E-state index contributed by atoms with van der Waals surface area (Å²) in [5, 5.41) is 23.0. The summed E-state index contributed by atoms with van der Waals surface area (Å²) in [5.41, 5.74) is 6.00. The van der Waals surface area contributed by atoms with Gasteiger partial charge in [0.15, 0.2) is 11.6 Å². The van der Waals surface area contributed by atoms with Crippen molar-refractivity contribution < 1.29 is 32.6 Å². The van der Waals surface area contributed by atoms with Crippen LogP contribution in [0.2, 0.25) is 5.02 Å². The molecule has 294 valence electrons. The zero-order chi connectivity index (χ0) is 42.0. The van der Waals surface area contributed by atoms with Gasteiger partial charge in [-0.2, -0.15) is 0 Å². The van der Waals surface area contributed by atoms with Crippen molar-refractivity contribution >= 4 is 40.1 Å². The first kappa shape index (κ1) is 35.6. The van der Waals surface area contributed by atoms with Gasteiger partial charge in [0.1, 0.15) is 11.3 Å². The summed E-state index contributed by atoms with van der Waals surface area (Å²) in [6.45, 7) is 1.54. The number of fused-ring (bicyclic) bond motifs is 1. The zero-order valence-electron chi connectivity index (χ0n) is 34.2. The number of aliphatic hydroxyl groups is 1. The summed E-state index contributed by atoms with van der Waals surface area (Å²) in [7, 11) is 1.50. The summed E-state index contributed by atoms with van der Waals surface area (Å²) in [6.07, 6.45) is 3.02. The molecule has 3 aromatic heterocycles. The minimum absolute atomic E-state index is 0.00624. The Bertz CT molecular complexity index is 2330. The van der Waals surface area contributed by atoms with E-state index in [0.717, 1.165) is 23.2 Å². The van der Waals surface area contributed by atoms with E-state index in [1.165, 1.54) is 12.0 Å². The smallest absolute Gasteiger partial charge is 0.306 e. The van der Waals surface area contributed by atoms with Crippen LogP contribution in [0.1, 0.15) is 65.3 Å². The number of alkyl halides is 2. The molecule has 0 radical (unpaired) electrons. The number of carboxylic acid groups (broad SMARTS) is 1. The molecule has 2 aliphatic rings. The highest BCUT2D eigenvalue weighted by Gasteiger charge is 2.27. The normalized spacial score (nSPS) is 19.9. The van der Waals surface area contributed by atoms with Gasteiger partial charge in [-0.3, -0.25) is 19.7 Å². The summed E-state index contributed by atoms with van der Waals surface area (Å²) >= 11 is 7.16. The van der Waals surface area contributed by atoms with E-state index in [2.05, 4.69) is 30.2 Å². The largest absolute Gasteiger partial charge is 0.495 e. The lowest BCUT2D eigenvalue weighted by Crippen LogP contribution is -2.30. The standard InChI is InChI=1S/C42H46ClF2N7O4/c1-24-30(6-5-9-33(24)48-40-38-34(49-41(50-40)39(44)45)16-26(18-47-38)21-52-15-14-29(53)22-52)32-8-4-7-31(37(32)43)28-17-36(56-3)35(46-19-28)23-51(2)20-25-10-12-27(13-11-25)42(54)55/h4-9,16-19,25,27,29,39,53H,10-15,20-23H2,1-3H3,(H,54,55)(H,48,49,50)/t25?,27?,29-/m1/s1/i2D3. The number of nitrogens with zero attached hydrogens (tertiary/aromatic N) is 6. The molecule has 14 heteroatoms. The number of carboxylic acids is 1. The lowest BCUT2D eigenvalue weighted by molar-refractivity contribution is -0.143. The van der Waals surface area contributed by atoms with Crippen molar-refractivity contribution in [1.29, 1.82) is 0 Å². The number of pyridine rings is 2. The van der Waals surface area contributed by atoms with Crippen molar-refractivity contribution in [2.75, 3.05) is 39.0 Å². The molecule has 0 unspecified atom stereocenters. The quantitative estimate of drug-likeness (QED) is 0.106. The van der Waals surface area contributed by atoms with E-state index in [1.807, 2.05) is 43.3 Å². The second-order valence-electron chi connectivity index (χ2n) is 14.7. The molecule has 7 rings (SSSR count). The third kappa shape index (κ3) is 8.76. The second kappa shape index (κ2) is 17.1. The molecule has 1 saturated heterocycles. The number of methoxy groups -OCH3 is 1. The Kier molecular flexibility index (Phi) is 10.9. The molecule has 0 spiro atoms. The Morgan fingerprint density at radius 2 is 1.84 bits per heavy atom. The van der Waals surface area contributed by atoms with Crippen LogP contribution in [-0.2, 0) is 17.9 Å².